The minimum absolute atomic E-state index is 0. The number of hydrogen-bond donors (Lipinski definition) is 1. The molecule has 0 bridgehead atoms. The maximum atomic E-state index is 12.2. The summed E-state index contributed by atoms with van der Waals surface area (Å²) in [6.07, 6.45) is 4.71. The number of benzene rings is 1. The fourth-order valence-electron chi connectivity index (χ4n) is 4.85. The molecule has 3 aromatic rings. The molecule has 0 fully saturated rings. The van der Waals surface area contributed by atoms with Gasteiger partial charge in [0, 0.05) is 44.3 Å². The first kappa shape index (κ1) is 50.8. The van der Waals surface area contributed by atoms with E-state index in [1.807, 2.05) is 41.3 Å². The molecular weight excluding hydrogens is 810 g/mol. The predicted octanol–water partition coefficient (Wildman–Crippen LogP) is -1.56. The summed E-state index contributed by atoms with van der Waals surface area (Å²) in [6.45, 7) is 2.15. The zero-order valence-electron chi connectivity index (χ0n) is 33.3. The van der Waals surface area contributed by atoms with Gasteiger partial charge < -0.3 is 52.4 Å². The Morgan fingerprint density at radius 1 is 0.949 bits per heavy atom. The number of phosphoric ester groups is 1. The zero-order valence-corrected chi connectivity index (χ0v) is 36.1. The minimum Gasteiger partial charge on any atom is -0.756 e. The Kier molecular flexibility index (Phi) is 25.0. The fourth-order valence-corrected chi connectivity index (χ4v) is 5.62. The van der Waals surface area contributed by atoms with Gasteiger partial charge in [-0.15, -0.1) is 5.10 Å². The number of ether oxygens (including phenoxy) is 6. The van der Waals surface area contributed by atoms with Crippen molar-refractivity contribution < 1.29 is 101 Å². The molecule has 3 rings (SSSR count). The van der Waals surface area contributed by atoms with Gasteiger partial charge in [-0.2, -0.15) is 4.98 Å². The molecule has 21 nitrogen and oxygen atoms in total. The molecule has 0 aliphatic heterocycles. The molecular formula is C36H48N6NaO15P. The van der Waals surface area contributed by atoms with E-state index < -0.39 is 39.1 Å². The van der Waals surface area contributed by atoms with E-state index in [0.29, 0.717) is 43.5 Å². The third kappa shape index (κ3) is 21.5. The molecule has 1 aromatic carbocycles. The van der Waals surface area contributed by atoms with E-state index in [1.165, 1.54) is 0 Å². The number of anilines is 1. The summed E-state index contributed by atoms with van der Waals surface area (Å²) in [6, 6.07) is 9.64. The first-order chi connectivity index (χ1) is 28.0. The van der Waals surface area contributed by atoms with Crippen LogP contribution in [0.25, 0.3) is 12.2 Å². The van der Waals surface area contributed by atoms with E-state index in [9.17, 15) is 33.7 Å². The number of aromatic nitrogens is 5. The largest absolute Gasteiger partial charge is 1.00 e. The number of carbonyl (C=O) groups excluding carboxylic acids is 4. The summed E-state index contributed by atoms with van der Waals surface area (Å²) in [4.78, 5) is 67.2. The van der Waals surface area contributed by atoms with Crippen LogP contribution in [0.5, 0.6) is 5.88 Å². The van der Waals surface area contributed by atoms with Crippen LogP contribution in [0.4, 0.5) is 5.69 Å². The van der Waals surface area contributed by atoms with Gasteiger partial charge in [-0.25, -0.2) is 4.98 Å². The Morgan fingerprint density at radius 2 is 1.69 bits per heavy atom. The number of esters is 2. The van der Waals surface area contributed by atoms with Crippen LogP contribution in [0, 0.1) is 6.92 Å². The average Bonchev–Trinajstić information content (AvgIpc) is 3.68. The number of aryl methyl sites for hydroxylation is 1. The molecule has 0 amide bonds. The van der Waals surface area contributed by atoms with Crippen molar-refractivity contribution in [2.75, 3.05) is 71.3 Å². The number of phosphoric acid groups is 1. The van der Waals surface area contributed by atoms with Crippen LogP contribution in [0.1, 0.15) is 48.5 Å². The molecule has 318 valence electrons. The monoisotopic (exact) mass is 858 g/mol. The van der Waals surface area contributed by atoms with Crippen molar-refractivity contribution in [3.05, 3.63) is 59.3 Å². The number of rotatable bonds is 31. The standard InChI is InChI=1S/C36H49N6O15P.Na/c1-28-37-30(21-34(38-28)50-2)10-7-29-8-11-32(12-9-29)41(15-16-43)13-14-42-22-31(39-40-42)23-54-36(47)5-3-17-51-19-20-53-35(46)6-4-18-56-58(48,49)57-25-33(55-27-45)24-52-26-44;/h7-12,21-22,26-27,33,43H,3-6,13-20,23-25H2,1-2H3,(H,48,49);/q;+1/p-1/b10-7+;. The fraction of sp³-hybridized carbons (Fsp3) is 0.500. The van der Waals surface area contributed by atoms with Crippen molar-refractivity contribution in [3.63, 3.8) is 0 Å². The van der Waals surface area contributed by atoms with Gasteiger partial charge in [-0.05, 0) is 43.5 Å². The van der Waals surface area contributed by atoms with Crippen LogP contribution < -0.4 is 44.1 Å². The number of nitrogens with zero attached hydrogens (tertiary/aromatic N) is 6. The number of aliphatic hydroxyl groups excluding tert-OH is 1. The van der Waals surface area contributed by atoms with Crippen molar-refractivity contribution in [1.29, 1.82) is 0 Å². The third-order valence-electron chi connectivity index (χ3n) is 7.64. The van der Waals surface area contributed by atoms with Crippen LogP contribution in [0.2, 0.25) is 0 Å². The van der Waals surface area contributed by atoms with E-state index >= 15 is 0 Å². The molecule has 0 aliphatic rings. The summed E-state index contributed by atoms with van der Waals surface area (Å²) in [7, 11) is -3.21. The molecule has 0 radical (unpaired) electrons. The molecule has 0 saturated heterocycles. The van der Waals surface area contributed by atoms with Gasteiger partial charge in [0.25, 0.3) is 20.8 Å². The van der Waals surface area contributed by atoms with Crippen LogP contribution in [0.3, 0.4) is 0 Å². The number of hydrogen-bond acceptors (Lipinski definition) is 20. The smallest absolute Gasteiger partial charge is 0.756 e. The summed E-state index contributed by atoms with van der Waals surface area (Å²) in [5.41, 5.74) is 3.10. The molecule has 2 aromatic heterocycles. The number of carbonyl (C=O) groups is 4. The predicted molar refractivity (Wildman–Crippen MR) is 201 cm³/mol. The molecule has 0 aliphatic carbocycles. The second-order valence-electron chi connectivity index (χ2n) is 12.1. The van der Waals surface area contributed by atoms with Gasteiger partial charge in [0.2, 0.25) is 5.88 Å². The van der Waals surface area contributed by atoms with Crippen LogP contribution in [0.15, 0.2) is 36.5 Å². The number of aliphatic hydroxyl groups is 1. The molecule has 59 heavy (non-hydrogen) atoms. The summed E-state index contributed by atoms with van der Waals surface area (Å²) < 4.78 is 52.5. The Labute approximate surface area is 363 Å². The molecule has 1 N–H and O–H groups in total. The van der Waals surface area contributed by atoms with Gasteiger partial charge >= 0.3 is 41.5 Å². The Balaban J connectivity index is 0.0000120. The Bertz CT molecular complexity index is 1790. The normalized spacial score (nSPS) is 12.5. The maximum absolute atomic E-state index is 12.2. The van der Waals surface area contributed by atoms with E-state index in [0.717, 1.165) is 16.9 Å². The van der Waals surface area contributed by atoms with Crippen molar-refractivity contribution in [2.24, 2.45) is 0 Å². The second-order valence-corrected chi connectivity index (χ2v) is 13.5. The van der Waals surface area contributed by atoms with Crippen LogP contribution in [-0.4, -0.2) is 128 Å². The molecule has 2 unspecified atom stereocenters. The first-order valence-corrected chi connectivity index (χ1v) is 19.6. The second kappa shape index (κ2) is 29.0. The zero-order chi connectivity index (χ0) is 42.0. The molecule has 0 saturated carbocycles. The Hall–Kier alpha value is -4.31. The van der Waals surface area contributed by atoms with Crippen molar-refractivity contribution in [3.8, 4) is 5.88 Å². The SMILES string of the molecule is COc1cc(/C=C/c2ccc(N(CCO)CCn3cc(COC(=O)CCCOCCOC(=O)CCCOP(=O)([O-])OCC(COC=O)OC=O)nn3)cc2)nc(C)n1.[Na+]. The quantitative estimate of drug-likeness (QED) is 0.0191. The summed E-state index contributed by atoms with van der Waals surface area (Å²) in [5, 5.41) is 17.9. The minimum atomic E-state index is -4.77. The Morgan fingerprint density at radius 3 is 2.41 bits per heavy atom. The van der Waals surface area contributed by atoms with Crippen molar-refractivity contribution in [1.82, 2.24) is 25.0 Å². The molecule has 2 heterocycles. The average molecular weight is 859 g/mol. The van der Waals surface area contributed by atoms with Crippen molar-refractivity contribution >= 4 is 50.5 Å². The van der Waals surface area contributed by atoms with Gasteiger partial charge in [0.15, 0.2) is 6.10 Å². The van der Waals surface area contributed by atoms with E-state index in [1.54, 1.807) is 31.0 Å². The molecule has 0 spiro atoms. The van der Waals surface area contributed by atoms with Gasteiger partial charge in [-0.1, -0.05) is 23.4 Å². The van der Waals surface area contributed by atoms with E-state index in [4.69, 9.17) is 18.9 Å². The first-order valence-electron chi connectivity index (χ1n) is 18.1. The van der Waals surface area contributed by atoms with E-state index in [-0.39, 0.29) is 101 Å². The van der Waals surface area contributed by atoms with Gasteiger partial charge in [0.1, 0.15) is 31.3 Å². The number of methoxy groups -OCH3 is 1. The topological polar surface area (TPSA) is 262 Å². The molecule has 2 atom stereocenters. The molecule has 23 heteroatoms. The van der Waals surface area contributed by atoms with Gasteiger partial charge in [0.05, 0.1) is 52.0 Å². The summed E-state index contributed by atoms with van der Waals surface area (Å²) in [5.74, 6) is 0.0631. The van der Waals surface area contributed by atoms with Crippen LogP contribution in [-0.2, 0) is 69.6 Å². The third-order valence-corrected chi connectivity index (χ3v) is 8.60. The van der Waals surface area contributed by atoms with Crippen LogP contribution >= 0.6 is 7.82 Å². The van der Waals surface area contributed by atoms with Gasteiger partial charge in [-0.3, -0.25) is 28.4 Å². The maximum Gasteiger partial charge on any atom is 1.00 e. The van der Waals surface area contributed by atoms with Crippen molar-refractivity contribution in [2.45, 2.75) is 51.9 Å². The van der Waals surface area contributed by atoms with E-state index in [2.05, 4.69) is 38.8 Å². The summed E-state index contributed by atoms with van der Waals surface area (Å²) >= 11 is 0.